The molecule has 0 spiro atoms. The van der Waals surface area contributed by atoms with Gasteiger partial charge in [0.25, 0.3) is 0 Å². The van der Waals surface area contributed by atoms with Crippen LogP contribution in [0.4, 0.5) is 5.69 Å². The van der Waals surface area contributed by atoms with Gasteiger partial charge in [0, 0.05) is 42.9 Å². The number of hydrogen-bond acceptors (Lipinski definition) is 3. The highest BCUT2D eigenvalue weighted by molar-refractivity contribution is 6.27. The Morgan fingerprint density at radius 3 is 2.69 bits per heavy atom. The maximum Gasteiger partial charge on any atom is 0.136 e. The van der Waals surface area contributed by atoms with E-state index in [1.807, 2.05) is 18.5 Å². The Morgan fingerprint density at radius 2 is 1.86 bits per heavy atom. The molecule has 1 aliphatic rings. The lowest BCUT2D eigenvalue weighted by molar-refractivity contribution is 0.736. The van der Waals surface area contributed by atoms with Gasteiger partial charge >= 0.3 is 0 Å². The maximum absolute atomic E-state index is 8.83. The number of amidine groups is 1. The normalized spacial score (nSPS) is 13.9. The van der Waals surface area contributed by atoms with Gasteiger partial charge in [-0.15, -0.1) is 0 Å². The Balaban J connectivity index is 1.48. The molecule has 4 heteroatoms. The number of hydrogen-bond donors (Lipinski definition) is 0. The van der Waals surface area contributed by atoms with E-state index in [1.54, 1.807) is 0 Å². The van der Waals surface area contributed by atoms with Gasteiger partial charge in [-0.1, -0.05) is 36.4 Å². The lowest BCUT2D eigenvalue weighted by atomic mass is 10.1. The zero-order valence-corrected chi connectivity index (χ0v) is 16.7. The molecule has 0 atom stereocenters. The molecule has 4 rings (SSSR count). The Hall–Kier alpha value is -3.19. The minimum Gasteiger partial charge on any atom is -0.326 e. The van der Waals surface area contributed by atoms with Crippen molar-refractivity contribution < 1.29 is 0 Å². The van der Waals surface area contributed by atoms with Crippen LogP contribution in [-0.4, -0.2) is 23.9 Å². The minimum atomic E-state index is 0.617. The zero-order valence-electron chi connectivity index (χ0n) is 16.7. The van der Waals surface area contributed by atoms with Crippen molar-refractivity contribution in [1.82, 2.24) is 4.98 Å². The Kier molecular flexibility index (Phi) is 6.16. The summed E-state index contributed by atoms with van der Waals surface area (Å²) >= 11 is 0. The van der Waals surface area contributed by atoms with Gasteiger partial charge in [-0.05, 0) is 55.2 Å². The molecule has 0 bridgehead atoms. The number of rotatable bonds is 9. The minimum absolute atomic E-state index is 0.617. The molecule has 0 saturated heterocycles. The van der Waals surface area contributed by atoms with Gasteiger partial charge in [0.15, 0.2) is 0 Å². The number of unbranched alkanes of at least 4 members (excludes halogenated alkanes) is 3. The number of aryl methyl sites for hydroxylation is 1. The van der Waals surface area contributed by atoms with E-state index in [2.05, 4.69) is 58.4 Å². The fourth-order valence-electron chi connectivity index (χ4n) is 4.03. The van der Waals surface area contributed by atoms with Gasteiger partial charge in [0.2, 0.25) is 0 Å². The number of anilines is 1. The summed E-state index contributed by atoms with van der Waals surface area (Å²) in [6, 6.07) is 19.4. The number of pyridine rings is 1. The van der Waals surface area contributed by atoms with Crippen LogP contribution in [0.3, 0.4) is 0 Å². The summed E-state index contributed by atoms with van der Waals surface area (Å²) in [6.07, 6.45) is 9.53. The number of aromatic nitrogens is 1. The highest BCUT2D eigenvalue weighted by atomic mass is 15.2. The van der Waals surface area contributed by atoms with Gasteiger partial charge in [-0.3, -0.25) is 9.98 Å². The van der Waals surface area contributed by atoms with Gasteiger partial charge < -0.3 is 4.90 Å². The van der Waals surface area contributed by atoms with E-state index in [-0.39, 0.29) is 0 Å². The maximum atomic E-state index is 8.83. The van der Waals surface area contributed by atoms with Crippen LogP contribution >= 0.6 is 0 Å². The van der Waals surface area contributed by atoms with Crippen molar-refractivity contribution in [2.75, 3.05) is 18.0 Å². The van der Waals surface area contributed by atoms with Crippen molar-refractivity contribution in [2.45, 2.75) is 38.5 Å². The Morgan fingerprint density at radius 1 is 0.966 bits per heavy atom. The molecule has 0 fully saturated rings. The van der Waals surface area contributed by atoms with Crippen molar-refractivity contribution in [3.8, 4) is 6.07 Å². The van der Waals surface area contributed by atoms with E-state index in [0.717, 1.165) is 51.0 Å². The number of benzene rings is 2. The van der Waals surface area contributed by atoms with Crippen molar-refractivity contribution in [1.29, 1.82) is 5.26 Å². The fourth-order valence-corrected chi connectivity index (χ4v) is 4.03. The van der Waals surface area contributed by atoms with E-state index in [1.165, 1.54) is 27.6 Å². The zero-order chi connectivity index (χ0) is 19.9. The van der Waals surface area contributed by atoms with Gasteiger partial charge in [0.1, 0.15) is 5.84 Å². The number of nitrogens with zero attached hydrogens (tertiary/aromatic N) is 4. The molecule has 0 unspecified atom stereocenters. The van der Waals surface area contributed by atoms with Crippen molar-refractivity contribution >= 4 is 22.3 Å². The lowest BCUT2D eigenvalue weighted by Crippen LogP contribution is -2.29. The monoisotopic (exact) mass is 382 g/mol. The second-order valence-corrected chi connectivity index (χ2v) is 7.47. The SMILES string of the molecule is N#CCCCCN1C(=NCCCCc2cccnc2)c2cccc3cccc1c23. The quantitative estimate of drug-likeness (QED) is 0.458. The van der Waals surface area contributed by atoms with Crippen LogP contribution in [0.2, 0.25) is 0 Å². The van der Waals surface area contributed by atoms with Crippen molar-refractivity contribution in [3.63, 3.8) is 0 Å². The third kappa shape index (κ3) is 4.30. The molecule has 1 aliphatic heterocycles. The summed E-state index contributed by atoms with van der Waals surface area (Å²) in [4.78, 5) is 11.6. The fraction of sp³-hybridized carbons (Fsp3) is 0.320. The molecule has 0 aliphatic carbocycles. The van der Waals surface area contributed by atoms with E-state index < -0.39 is 0 Å². The molecule has 2 aromatic carbocycles. The predicted molar refractivity (Wildman–Crippen MR) is 119 cm³/mol. The molecular weight excluding hydrogens is 356 g/mol. The van der Waals surface area contributed by atoms with E-state index in [4.69, 9.17) is 10.3 Å². The molecule has 3 aromatic rings. The van der Waals surface area contributed by atoms with Crippen LogP contribution < -0.4 is 4.90 Å². The molecular formula is C25H26N4. The molecule has 2 heterocycles. The molecule has 0 radical (unpaired) electrons. The van der Waals surface area contributed by atoms with E-state index in [9.17, 15) is 0 Å². The average Bonchev–Trinajstić information content (AvgIpc) is 3.07. The van der Waals surface area contributed by atoms with Crippen LogP contribution in [0.5, 0.6) is 0 Å². The highest BCUT2D eigenvalue weighted by Gasteiger charge is 2.27. The van der Waals surface area contributed by atoms with Crippen molar-refractivity contribution in [3.05, 3.63) is 72.1 Å². The third-order valence-corrected chi connectivity index (χ3v) is 5.45. The molecule has 0 saturated carbocycles. The van der Waals surface area contributed by atoms with Crippen LogP contribution in [0, 0.1) is 11.3 Å². The van der Waals surface area contributed by atoms with Crippen LogP contribution in [0.1, 0.15) is 43.2 Å². The summed E-state index contributed by atoms with van der Waals surface area (Å²) in [6.45, 7) is 1.73. The molecule has 29 heavy (non-hydrogen) atoms. The van der Waals surface area contributed by atoms with Gasteiger partial charge in [-0.25, -0.2) is 0 Å². The first-order valence-electron chi connectivity index (χ1n) is 10.5. The summed E-state index contributed by atoms with van der Waals surface area (Å²) in [5, 5.41) is 11.4. The molecule has 0 amide bonds. The second-order valence-electron chi connectivity index (χ2n) is 7.47. The molecule has 1 aromatic heterocycles. The number of nitriles is 1. The highest BCUT2D eigenvalue weighted by Crippen LogP contribution is 2.37. The van der Waals surface area contributed by atoms with Crippen LogP contribution in [0.25, 0.3) is 10.8 Å². The smallest absolute Gasteiger partial charge is 0.136 e. The average molecular weight is 383 g/mol. The Labute approximate surface area is 172 Å². The molecule has 0 N–H and O–H groups in total. The van der Waals surface area contributed by atoms with Crippen molar-refractivity contribution in [2.24, 2.45) is 4.99 Å². The summed E-state index contributed by atoms with van der Waals surface area (Å²) in [7, 11) is 0. The molecule has 4 nitrogen and oxygen atoms in total. The van der Waals surface area contributed by atoms with E-state index >= 15 is 0 Å². The Bertz CT molecular complexity index is 1030. The summed E-state index contributed by atoms with van der Waals surface area (Å²) in [5.74, 6) is 1.09. The second kappa shape index (κ2) is 9.34. The lowest BCUT2D eigenvalue weighted by Gasteiger charge is -2.21. The molecule has 146 valence electrons. The summed E-state index contributed by atoms with van der Waals surface area (Å²) in [5.41, 5.74) is 3.78. The first-order valence-corrected chi connectivity index (χ1v) is 10.5. The summed E-state index contributed by atoms with van der Waals surface area (Å²) < 4.78 is 0. The first-order chi connectivity index (χ1) is 14.4. The third-order valence-electron chi connectivity index (χ3n) is 5.45. The first kappa shape index (κ1) is 19.1. The largest absolute Gasteiger partial charge is 0.326 e. The number of aliphatic imine (C=N–C) groups is 1. The van der Waals surface area contributed by atoms with E-state index in [0.29, 0.717) is 6.42 Å². The predicted octanol–water partition coefficient (Wildman–Crippen LogP) is 5.52. The van der Waals surface area contributed by atoms with Crippen LogP contribution in [-0.2, 0) is 6.42 Å². The topological polar surface area (TPSA) is 52.3 Å². The van der Waals surface area contributed by atoms with Gasteiger partial charge in [-0.2, -0.15) is 5.26 Å². The standard InChI is InChI=1S/C25H26N4/c26-15-3-1-5-18-29-23-14-7-12-21-11-6-13-22(24(21)23)25(29)28-17-4-2-9-20-10-8-16-27-19-20/h6-8,10-14,16,19H,1-5,9,17-18H2. The van der Waals surface area contributed by atoms with Crippen LogP contribution in [0.15, 0.2) is 65.9 Å². The van der Waals surface area contributed by atoms with Gasteiger partial charge in [0.05, 0.1) is 11.8 Å².